The third-order valence-electron chi connectivity index (χ3n) is 2.85. The van der Waals surface area contributed by atoms with E-state index in [0.29, 0.717) is 22.3 Å². The second kappa shape index (κ2) is 8.14. The molecule has 0 bridgehead atoms. The van der Waals surface area contributed by atoms with Crippen LogP contribution in [0, 0.1) is 0 Å². The molecule has 1 aromatic carbocycles. The molecule has 2 rings (SSSR count). The second-order valence-electron chi connectivity index (χ2n) is 4.51. The van der Waals surface area contributed by atoms with Crippen molar-refractivity contribution < 1.29 is 14.0 Å². The normalized spacial score (nSPS) is 10.9. The molecule has 23 heavy (non-hydrogen) atoms. The predicted molar refractivity (Wildman–Crippen MR) is 91.5 cm³/mol. The number of rotatable bonds is 6. The minimum Gasteiger partial charge on any atom is -0.465 e. The highest BCUT2D eigenvalue weighted by Crippen LogP contribution is 2.16. The third kappa shape index (κ3) is 4.69. The van der Waals surface area contributed by atoms with Crippen LogP contribution < -0.4 is 10.6 Å². The lowest BCUT2D eigenvalue weighted by Gasteiger charge is -2.10. The van der Waals surface area contributed by atoms with Crippen molar-refractivity contribution in [1.29, 1.82) is 0 Å². The average molecular weight is 375 g/mol. The van der Waals surface area contributed by atoms with Gasteiger partial charge < -0.3 is 15.1 Å². The molecule has 2 N–H and O–H groups in total. The summed E-state index contributed by atoms with van der Waals surface area (Å²) >= 11 is 3.31. The van der Waals surface area contributed by atoms with E-state index in [1.54, 1.807) is 42.5 Å². The lowest BCUT2D eigenvalue weighted by molar-refractivity contribution is -0.117. The Morgan fingerprint density at radius 3 is 2.65 bits per heavy atom. The highest BCUT2D eigenvalue weighted by molar-refractivity contribution is 9.10. The standard InChI is InChI=1S/C17H15BrN2O3/c1-2-9-19-17(22)15(11-12-6-5-10-23-12)20-16(21)13-7-3-4-8-14(13)18/h2-8,10-11H,1,9H2,(H,19,22)(H,20,21). The fourth-order valence-corrected chi connectivity index (χ4v) is 2.23. The molecule has 1 heterocycles. The van der Waals surface area contributed by atoms with Crippen LogP contribution in [-0.2, 0) is 4.79 Å². The molecule has 0 saturated heterocycles. The minimum atomic E-state index is -0.429. The Morgan fingerprint density at radius 1 is 1.22 bits per heavy atom. The highest BCUT2D eigenvalue weighted by Gasteiger charge is 2.16. The smallest absolute Gasteiger partial charge is 0.268 e. The van der Waals surface area contributed by atoms with Crippen molar-refractivity contribution in [2.45, 2.75) is 0 Å². The van der Waals surface area contributed by atoms with Crippen molar-refractivity contribution in [3.63, 3.8) is 0 Å². The molecule has 0 unspecified atom stereocenters. The number of carbonyl (C=O) groups is 2. The SMILES string of the molecule is C=CCNC(=O)C(=Cc1ccco1)NC(=O)c1ccccc1Br. The summed E-state index contributed by atoms with van der Waals surface area (Å²) in [4.78, 5) is 24.6. The van der Waals surface area contributed by atoms with Crippen LogP contribution in [0.3, 0.4) is 0 Å². The fourth-order valence-electron chi connectivity index (χ4n) is 1.77. The summed E-state index contributed by atoms with van der Waals surface area (Å²) in [5.74, 6) is -0.369. The van der Waals surface area contributed by atoms with Gasteiger partial charge in [-0.25, -0.2) is 0 Å². The second-order valence-corrected chi connectivity index (χ2v) is 5.36. The Labute approximate surface area is 142 Å². The van der Waals surface area contributed by atoms with Gasteiger partial charge in [-0.15, -0.1) is 6.58 Å². The fraction of sp³-hybridized carbons (Fsp3) is 0.0588. The van der Waals surface area contributed by atoms with Gasteiger partial charge in [-0.1, -0.05) is 18.2 Å². The largest absolute Gasteiger partial charge is 0.465 e. The van der Waals surface area contributed by atoms with Crippen molar-refractivity contribution >= 4 is 33.8 Å². The Bertz CT molecular complexity index is 736. The predicted octanol–water partition coefficient (Wildman–Crippen LogP) is 3.12. The number of carbonyl (C=O) groups excluding carboxylic acids is 2. The number of benzene rings is 1. The lowest BCUT2D eigenvalue weighted by atomic mass is 10.2. The molecule has 0 atom stereocenters. The van der Waals surface area contributed by atoms with E-state index in [2.05, 4.69) is 33.1 Å². The van der Waals surface area contributed by atoms with Crippen LogP contribution >= 0.6 is 15.9 Å². The first-order chi connectivity index (χ1) is 11.1. The van der Waals surface area contributed by atoms with Gasteiger partial charge in [-0.3, -0.25) is 9.59 Å². The summed E-state index contributed by atoms with van der Waals surface area (Å²) in [6.45, 7) is 3.83. The van der Waals surface area contributed by atoms with Crippen molar-refractivity contribution in [1.82, 2.24) is 10.6 Å². The summed E-state index contributed by atoms with van der Waals surface area (Å²) in [5.41, 5.74) is 0.511. The number of furan rings is 1. The van der Waals surface area contributed by atoms with E-state index in [9.17, 15) is 9.59 Å². The summed E-state index contributed by atoms with van der Waals surface area (Å²) in [6.07, 6.45) is 4.51. The topological polar surface area (TPSA) is 71.3 Å². The van der Waals surface area contributed by atoms with Crippen LogP contribution in [0.15, 0.2) is 69.9 Å². The van der Waals surface area contributed by atoms with E-state index in [4.69, 9.17) is 4.42 Å². The molecule has 0 aliphatic carbocycles. The van der Waals surface area contributed by atoms with Crippen LogP contribution in [0.1, 0.15) is 16.1 Å². The molecular weight excluding hydrogens is 360 g/mol. The summed E-state index contributed by atoms with van der Waals surface area (Å²) in [6, 6.07) is 10.3. The van der Waals surface area contributed by atoms with Crippen molar-refractivity contribution in [2.24, 2.45) is 0 Å². The van der Waals surface area contributed by atoms with Gasteiger partial charge in [-0.2, -0.15) is 0 Å². The van der Waals surface area contributed by atoms with Crippen molar-refractivity contribution in [3.8, 4) is 0 Å². The number of amides is 2. The van der Waals surface area contributed by atoms with Gasteiger partial charge in [-0.05, 0) is 40.2 Å². The van der Waals surface area contributed by atoms with Gasteiger partial charge in [0.25, 0.3) is 11.8 Å². The van der Waals surface area contributed by atoms with E-state index < -0.39 is 11.8 Å². The lowest BCUT2D eigenvalue weighted by Crippen LogP contribution is -2.35. The quantitative estimate of drug-likeness (QED) is 0.602. The van der Waals surface area contributed by atoms with Crippen molar-refractivity contribution in [3.05, 3.63) is 76.8 Å². The van der Waals surface area contributed by atoms with Gasteiger partial charge in [0.15, 0.2) is 0 Å². The first-order valence-electron chi connectivity index (χ1n) is 6.82. The molecule has 1 aromatic heterocycles. The van der Waals surface area contributed by atoms with Gasteiger partial charge in [0.2, 0.25) is 0 Å². The van der Waals surface area contributed by atoms with Crippen molar-refractivity contribution in [2.75, 3.05) is 6.54 Å². The monoisotopic (exact) mass is 374 g/mol. The summed E-state index contributed by atoms with van der Waals surface area (Å²) < 4.78 is 5.83. The molecule has 0 saturated carbocycles. The van der Waals surface area contributed by atoms with Crippen LogP contribution in [-0.4, -0.2) is 18.4 Å². The molecule has 2 amide bonds. The molecule has 5 nitrogen and oxygen atoms in total. The van der Waals surface area contributed by atoms with E-state index in [1.807, 2.05) is 0 Å². The van der Waals surface area contributed by atoms with Gasteiger partial charge in [0, 0.05) is 17.1 Å². The van der Waals surface area contributed by atoms with E-state index >= 15 is 0 Å². The number of nitrogens with one attached hydrogen (secondary N) is 2. The maximum Gasteiger partial charge on any atom is 0.268 e. The number of halogens is 1. The maximum atomic E-state index is 12.4. The zero-order valence-electron chi connectivity index (χ0n) is 12.2. The van der Waals surface area contributed by atoms with Gasteiger partial charge in [0.1, 0.15) is 11.5 Å². The Hall–Kier alpha value is -2.60. The summed E-state index contributed by atoms with van der Waals surface area (Å²) in [7, 11) is 0. The molecule has 0 aliphatic rings. The Kier molecular flexibility index (Phi) is 5.94. The molecule has 2 aromatic rings. The highest BCUT2D eigenvalue weighted by atomic mass is 79.9. The van der Waals surface area contributed by atoms with E-state index in [-0.39, 0.29) is 5.70 Å². The summed E-state index contributed by atoms with van der Waals surface area (Å²) in [5, 5.41) is 5.23. The first-order valence-corrected chi connectivity index (χ1v) is 7.61. The van der Waals surface area contributed by atoms with E-state index in [0.717, 1.165) is 0 Å². The molecule has 0 spiro atoms. The first kappa shape index (κ1) is 16.8. The Morgan fingerprint density at radius 2 is 2.00 bits per heavy atom. The molecule has 118 valence electrons. The molecule has 0 radical (unpaired) electrons. The molecular formula is C17H15BrN2O3. The van der Waals surface area contributed by atoms with Gasteiger partial charge in [0.05, 0.1) is 11.8 Å². The van der Waals surface area contributed by atoms with Crippen LogP contribution in [0.4, 0.5) is 0 Å². The maximum absolute atomic E-state index is 12.4. The zero-order valence-corrected chi connectivity index (χ0v) is 13.8. The van der Waals surface area contributed by atoms with Crippen LogP contribution in [0.2, 0.25) is 0 Å². The number of hydrogen-bond donors (Lipinski definition) is 2. The van der Waals surface area contributed by atoms with Crippen LogP contribution in [0.5, 0.6) is 0 Å². The number of hydrogen-bond acceptors (Lipinski definition) is 3. The average Bonchev–Trinajstić information content (AvgIpc) is 3.05. The third-order valence-corrected chi connectivity index (χ3v) is 3.54. The van der Waals surface area contributed by atoms with Crippen LogP contribution in [0.25, 0.3) is 6.08 Å². The molecule has 0 fully saturated rings. The van der Waals surface area contributed by atoms with Gasteiger partial charge >= 0.3 is 0 Å². The Balaban J connectivity index is 2.24. The minimum absolute atomic E-state index is 0.0857. The van der Waals surface area contributed by atoms with E-state index in [1.165, 1.54) is 12.3 Å². The zero-order chi connectivity index (χ0) is 16.7. The molecule has 6 heteroatoms. The molecule has 0 aliphatic heterocycles.